The van der Waals surface area contributed by atoms with Gasteiger partial charge in [-0.05, 0) is 56.9 Å². The van der Waals surface area contributed by atoms with Crippen molar-refractivity contribution in [2.24, 2.45) is 17.6 Å². The van der Waals surface area contributed by atoms with Crippen molar-refractivity contribution in [1.82, 2.24) is 5.32 Å². The van der Waals surface area contributed by atoms with Crippen LogP contribution in [0.4, 0.5) is 0 Å². The van der Waals surface area contributed by atoms with Gasteiger partial charge in [0.25, 0.3) is 0 Å². The highest BCUT2D eigenvalue weighted by molar-refractivity contribution is 5.43. The molecule has 0 radical (unpaired) electrons. The van der Waals surface area contributed by atoms with E-state index in [0.717, 1.165) is 25.1 Å². The molecule has 2 aliphatic rings. The second-order valence-corrected chi connectivity index (χ2v) is 6.54. The van der Waals surface area contributed by atoms with E-state index in [9.17, 15) is 0 Å². The van der Waals surface area contributed by atoms with Crippen LogP contribution < -0.4 is 11.1 Å². The summed E-state index contributed by atoms with van der Waals surface area (Å²) in [5.41, 5.74) is 9.84. The second-order valence-electron chi connectivity index (χ2n) is 6.54. The summed E-state index contributed by atoms with van der Waals surface area (Å²) >= 11 is 0. The highest BCUT2D eigenvalue weighted by Gasteiger charge is 2.32. The first-order chi connectivity index (χ1) is 12.6. The average Bonchev–Trinajstić information content (AvgIpc) is 3.01. The fraction of sp³-hybridized carbons (Fsp3) is 0.478. The van der Waals surface area contributed by atoms with Gasteiger partial charge in [0, 0.05) is 30.6 Å². The summed E-state index contributed by atoms with van der Waals surface area (Å²) in [5, 5.41) is 3.59. The van der Waals surface area contributed by atoms with Crippen LogP contribution in [0.3, 0.4) is 0 Å². The second kappa shape index (κ2) is 12.4. The van der Waals surface area contributed by atoms with E-state index >= 15 is 0 Å². The van der Waals surface area contributed by atoms with E-state index in [2.05, 4.69) is 49.2 Å². The van der Waals surface area contributed by atoms with Gasteiger partial charge < -0.3 is 15.8 Å². The van der Waals surface area contributed by atoms with Gasteiger partial charge in [-0.25, -0.2) is 0 Å². The highest BCUT2D eigenvalue weighted by Crippen LogP contribution is 2.39. The molecule has 0 aromatic carbocycles. The van der Waals surface area contributed by atoms with Gasteiger partial charge in [-0.3, -0.25) is 0 Å². The smallest absolute Gasteiger partial charge is 0.119 e. The number of nitrogens with one attached hydrogen (secondary N) is 1. The number of hydrogen-bond donors (Lipinski definition) is 2. The molecule has 0 saturated carbocycles. The van der Waals surface area contributed by atoms with Crippen molar-refractivity contribution in [3.05, 3.63) is 71.7 Å². The summed E-state index contributed by atoms with van der Waals surface area (Å²) < 4.78 is 5.98. The average molecular weight is 357 g/mol. The van der Waals surface area contributed by atoms with Crippen LogP contribution in [0.25, 0.3) is 0 Å². The maximum absolute atomic E-state index is 5.98. The maximum Gasteiger partial charge on any atom is 0.119 e. The molecule has 2 aliphatic carbocycles. The van der Waals surface area contributed by atoms with Gasteiger partial charge in [-0.1, -0.05) is 37.3 Å². The molecule has 0 aliphatic heterocycles. The predicted octanol–water partition coefficient (Wildman–Crippen LogP) is 5.02. The van der Waals surface area contributed by atoms with Crippen molar-refractivity contribution < 1.29 is 4.74 Å². The molecule has 0 heterocycles. The van der Waals surface area contributed by atoms with Gasteiger partial charge in [-0.2, -0.15) is 0 Å². The van der Waals surface area contributed by atoms with Gasteiger partial charge in [-0.15, -0.1) is 6.58 Å². The van der Waals surface area contributed by atoms with Crippen molar-refractivity contribution >= 4 is 0 Å². The van der Waals surface area contributed by atoms with Crippen LogP contribution in [-0.4, -0.2) is 19.7 Å². The van der Waals surface area contributed by atoms with Crippen LogP contribution in [0.2, 0.25) is 0 Å². The summed E-state index contributed by atoms with van der Waals surface area (Å²) in [6.07, 6.45) is 16.8. The summed E-state index contributed by atoms with van der Waals surface area (Å²) in [7, 11) is 0. The molecule has 0 bridgehead atoms. The molecule has 2 rings (SSSR count). The Hall–Kier alpha value is -2.00. The van der Waals surface area contributed by atoms with Gasteiger partial charge in [0.1, 0.15) is 12.4 Å². The van der Waals surface area contributed by atoms with E-state index in [1.807, 2.05) is 26.8 Å². The third-order valence-corrected chi connectivity index (χ3v) is 4.45. The van der Waals surface area contributed by atoms with Gasteiger partial charge in [0.15, 0.2) is 0 Å². The molecule has 144 valence electrons. The molecule has 2 unspecified atom stereocenters. The highest BCUT2D eigenvalue weighted by atomic mass is 16.5. The lowest BCUT2D eigenvalue weighted by atomic mass is 9.95. The minimum Gasteiger partial charge on any atom is -0.489 e. The summed E-state index contributed by atoms with van der Waals surface area (Å²) in [4.78, 5) is 0. The Morgan fingerprint density at radius 3 is 2.69 bits per heavy atom. The summed E-state index contributed by atoms with van der Waals surface area (Å²) in [6.45, 7) is 13.8. The largest absolute Gasteiger partial charge is 0.489 e. The van der Waals surface area contributed by atoms with Crippen LogP contribution >= 0.6 is 0 Å². The number of fused-ring (bicyclic) bond motifs is 1. The quantitative estimate of drug-likeness (QED) is 0.474. The van der Waals surface area contributed by atoms with Crippen LogP contribution in [-0.2, 0) is 4.74 Å². The van der Waals surface area contributed by atoms with E-state index in [1.54, 1.807) is 6.08 Å². The first kappa shape index (κ1) is 22.0. The fourth-order valence-corrected chi connectivity index (χ4v) is 3.18. The van der Waals surface area contributed by atoms with Crippen LogP contribution in [0.5, 0.6) is 0 Å². The third-order valence-electron chi connectivity index (χ3n) is 4.45. The third kappa shape index (κ3) is 6.38. The monoisotopic (exact) mass is 356 g/mol. The van der Waals surface area contributed by atoms with Crippen molar-refractivity contribution in [3.8, 4) is 0 Å². The lowest BCUT2D eigenvalue weighted by Gasteiger charge is -2.17. The number of nitrogens with two attached hydrogens (primary N) is 1. The van der Waals surface area contributed by atoms with Crippen LogP contribution in [0.15, 0.2) is 71.7 Å². The van der Waals surface area contributed by atoms with Gasteiger partial charge in [0.2, 0.25) is 0 Å². The van der Waals surface area contributed by atoms with Crippen molar-refractivity contribution in [1.29, 1.82) is 0 Å². The molecular weight excluding hydrogens is 320 g/mol. The lowest BCUT2D eigenvalue weighted by Crippen LogP contribution is -2.24. The predicted molar refractivity (Wildman–Crippen MR) is 114 cm³/mol. The lowest BCUT2D eigenvalue weighted by molar-refractivity contribution is 0.254. The molecule has 0 aromatic heterocycles. The molecule has 3 N–H and O–H groups in total. The minimum atomic E-state index is 0.441. The first-order valence-corrected chi connectivity index (χ1v) is 9.70. The molecule has 26 heavy (non-hydrogen) atoms. The van der Waals surface area contributed by atoms with Gasteiger partial charge in [0.05, 0.1) is 0 Å². The minimum absolute atomic E-state index is 0.441. The zero-order valence-electron chi connectivity index (χ0n) is 16.9. The fourth-order valence-electron chi connectivity index (χ4n) is 3.18. The van der Waals surface area contributed by atoms with E-state index < -0.39 is 0 Å². The Labute approximate surface area is 160 Å². The Bertz CT molecular complexity index is 593. The summed E-state index contributed by atoms with van der Waals surface area (Å²) in [6, 6.07) is 0. The molecule has 0 aromatic rings. The van der Waals surface area contributed by atoms with Crippen LogP contribution in [0.1, 0.15) is 40.5 Å². The Kier molecular flexibility index (Phi) is 10.5. The van der Waals surface area contributed by atoms with Gasteiger partial charge >= 0.3 is 0 Å². The molecule has 2 atom stereocenters. The molecule has 0 amide bonds. The number of hydrogen-bond acceptors (Lipinski definition) is 3. The molecule has 3 nitrogen and oxygen atoms in total. The van der Waals surface area contributed by atoms with E-state index in [1.165, 1.54) is 16.8 Å². The number of allylic oxidation sites excluding steroid dienone is 7. The van der Waals surface area contributed by atoms with Crippen molar-refractivity contribution in [2.45, 2.75) is 40.5 Å². The Morgan fingerprint density at radius 2 is 2.12 bits per heavy atom. The molecule has 0 spiro atoms. The molecule has 3 heteroatoms. The van der Waals surface area contributed by atoms with Crippen LogP contribution in [0, 0.1) is 11.8 Å². The topological polar surface area (TPSA) is 47.3 Å². The zero-order chi connectivity index (χ0) is 19.4. The first-order valence-electron chi connectivity index (χ1n) is 9.70. The van der Waals surface area contributed by atoms with E-state index in [0.29, 0.717) is 25.0 Å². The number of ether oxygens (including phenoxy) is 1. The summed E-state index contributed by atoms with van der Waals surface area (Å²) in [5.74, 6) is 1.86. The Balaban J connectivity index is 0.00000105. The maximum atomic E-state index is 5.98. The molecule has 0 saturated heterocycles. The molecule has 0 fully saturated rings. The van der Waals surface area contributed by atoms with E-state index in [-0.39, 0.29) is 0 Å². The normalized spacial score (nSPS) is 21.9. The van der Waals surface area contributed by atoms with E-state index in [4.69, 9.17) is 10.5 Å². The zero-order valence-corrected chi connectivity index (χ0v) is 16.9. The SMILES string of the molecule is C/C=C\C(=C/C)COC1=CC2=C(NCCC)C(CN)CC2C=C1.C=CC. The standard InChI is InChI=1S/C20H30N2O.C3H6/c1-4-7-15(6-3)14-23-18-9-8-16-11-17(13-21)20(19(16)12-18)22-10-5-2;1-3-2/h4,6-9,12,16-17,22H,5,10-11,13-14,21H2,1-3H3;3H,1H2,2H3/b7-4-,15-6+;. The van der Waals surface area contributed by atoms with Crippen molar-refractivity contribution in [2.75, 3.05) is 19.7 Å². The number of rotatable bonds is 8. The van der Waals surface area contributed by atoms with Crippen molar-refractivity contribution in [3.63, 3.8) is 0 Å². The molecular formula is C23H36N2O. The Morgan fingerprint density at radius 1 is 1.38 bits per heavy atom.